The molecule has 1 amide bonds. The maximum absolute atomic E-state index is 12.7. The van der Waals surface area contributed by atoms with Gasteiger partial charge in [0.05, 0.1) is 10.5 Å². The molecule has 0 spiro atoms. The Hall–Kier alpha value is -2.91. The van der Waals surface area contributed by atoms with E-state index in [0.717, 1.165) is 24.9 Å². The fourth-order valence-corrected chi connectivity index (χ4v) is 4.79. The molecule has 3 rings (SSSR count). The van der Waals surface area contributed by atoms with Crippen molar-refractivity contribution in [3.05, 3.63) is 54.1 Å². The average molecular weight is 446 g/mol. The van der Waals surface area contributed by atoms with Crippen LogP contribution >= 0.6 is 0 Å². The summed E-state index contributed by atoms with van der Waals surface area (Å²) in [7, 11) is 0.273. The van der Waals surface area contributed by atoms with Crippen LogP contribution in [0.1, 0.15) is 29.6 Å². The summed E-state index contributed by atoms with van der Waals surface area (Å²) in [6.07, 6.45) is 2.78. The zero-order valence-corrected chi connectivity index (χ0v) is 18.5. The summed E-state index contributed by atoms with van der Waals surface area (Å²) in [5, 5.41) is 2.60. The van der Waals surface area contributed by atoms with Crippen molar-refractivity contribution in [1.82, 2.24) is 4.31 Å². The molecule has 0 unspecified atom stereocenters. The zero-order chi connectivity index (χ0) is 22.4. The van der Waals surface area contributed by atoms with Crippen LogP contribution in [0.4, 0.5) is 11.4 Å². The third kappa shape index (κ3) is 5.83. The Morgan fingerprint density at radius 3 is 2.16 bits per heavy atom. The molecule has 1 N–H and O–H groups in total. The first-order chi connectivity index (χ1) is 14.8. The smallest absolute Gasteiger partial charge is 0.338 e. The minimum absolute atomic E-state index is 0.194. The molecule has 9 heteroatoms. The van der Waals surface area contributed by atoms with Crippen LogP contribution in [0.15, 0.2) is 53.4 Å². The van der Waals surface area contributed by atoms with Gasteiger partial charge in [-0.25, -0.2) is 13.2 Å². The molecule has 1 aliphatic rings. The van der Waals surface area contributed by atoms with Crippen LogP contribution < -0.4 is 10.2 Å². The first-order valence-electron chi connectivity index (χ1n) is 10.1. The van der Waals surface area contributed by atoms with Gasteiger partial charge in [0.1, 0.15) is 0 Å². The number of benzene rings is 2. The van der Waals surface area contributed by atoms with Crippen molar-refractivity contribution >= 4 is 33.3 Å². The molecule has 31 heavy (non-hydrogen) atoms. The number of hydrogen-bond acceptors (Lipinski definition) is 6. The van der Waals surface area contributed by atoms with E-state index in [1.165, 1.54) is 28.6 Å². The normalized spacial score (nSPS) is 14.6. The van der Waals surface area contributed by atoms with Crippen LogP contribution in [-0.4, -0.2) is 58.4 Å². The van der Waals surface area contributed by atoms with Gasteiger partial charge in [-0.2, -0.15) is 4.31 Å². The maximum atomic E-state index is 12.7. The SMILES string of the molecule is CN(C)c1ccc(C(=O)OCC(=O)Nc2ccc(S(=O)(=O)N3CCCCC3)cc2)cc1. The van der Waals surface area contributed by atoms with E-state index in [2.05, 4.69) is 5.32 Å². The summed E-state index contributed by atoms with van der Waals surface area (Å²) in [5.41, 5.74) is 1.72. The van der Waals surface area contributed by atoms with E-state index in [4.69, 9.17) is 4.74 Å². The van der Waals surface area contributed by atoms with Gasteiger partial charge in [0.25, 0.3) is 5.91 Å². The Morgan fingerprint density at radius 2 is 1.58 bits per heavy atom. The second-order valence-corrected chi connectivity index (χ2v) is 9.49. The van der Waals surface area contributed by atoms with Crippen molar-refractivity contribution in [2.75, 3.05) is 44.0 Å². The molecular weight excluding hydrogens is 418 g/mol. The highest BCUT2D eigenvalue weighted by Gasteiger charge is 2.25. The van der Waals surface area contributed by atoms with Gasteiger partial charge in [-0.05, 0) is 61.4 Å². The summed E-state index contributed by atoms with van der Waals surface area (Å²) < 4.78 is 31.9. The van der Waals surface area contributed by atoms with E-state index in [1.807, 2.05) is 19.0 Å². The number of nitrogens with zero attached hydrogens (tertiary/aromatic N) is 2. The molecule has 1 heterocycles. The van der Waals surface area contributed by atoms with Gasteiger partial charge in [-0.3, -0.25) is 4.79 Å². The van der Waals surface area contributed by atoms with Gasteiger partial charge in [0.2, 0.25) is 10.0 Å². The Morgan fingerprint density at radius 1 is 0.968 bits per heavy atom. The van der Waals surface area contributed by atoms with Crippen LogP contribution in [0.5, 0.6) is 0 Å². The summed E-state index contributed by atoms with van der Waals surface area (Å²) in [4.78, 5) is 26.3. The second kappa shape index (κ2) is 9.93. The summed E-state index contributed by atoms with van der Waals surface area (Å²) in [5.74, 6) is -1.10. The Balaban J connectivity index is 1.53. The highest BCUT2D eigenvalue weighted by atomic mass is 32.2. The number of anilines is 2. The third-order valence-electron chi connectivity index (χ3n) is 5.04. The molecule has 2 aromatic rings. The molecule has 0 aromatic heterocycles. The van der Waals surface area contributed by atoms with Gasteiger partial charge in [0.15, 0.2) is 6.61 Å². The molecule has 2 aromatic carbocycles. The Bertz CT molecular complexity index is 1010. The lowest BCUT2D eigenvalue weighted by Gasteiger charge is -2.25. The third-order valence-corrected chi connectivity index (χ3v) is 6.96. The van der Waals surface area contributed by atoms with Gasteiger partial charge in [-0.15, -0.1) is 0 Å². The highest BCUT2D eigenvalue weighted by Crippen LogP contribution is 2.22. The van der Waals surface area contributed by atoms with E-state index < -0.39 is 28.5 Å². The van der Waals surface area contributed by atoms with Crippen molar-refractivity contribution in [3.8, 4) is 0 Å². The zero-order valence-electron chi connectivity index (χ0n) is 17.7. The summed E-state index contributed by atoms with van der Waals surface area (Å²) in [6.45, 7) is 0.621. The number of rotatable bonds is 7. The molecule has 1 saturated heterocycles. The number of ether oxygens (including phenoxy) is 1. The lowest BCUT2D eigenvalue weighted by molar-refractivity contribution is -0.119. The number of hydrogen-bond donors (Lipinski definition) is 1. The topological polar surface area (TPSA) is 96.0 Å². The average Bonchev–Trinajstić information content (AvgIpc) is 2.78. The van der Waals surface area contributed by atoms with Gasteiger partial charge in [0, 0.05) is 38.6 Å². The first-order valence-corrected chi connectivity index (χ1v) is 11.6. The molecule has 8 nitrogen and oxygen atoms in total. The maximum Gasteiger partial charge on any atom is 0.338 e. The van der Waals surface area contributed by atoms with Crippen molar-refractivity contribution in [2.24, 2.45) is 0 Å². The predicted molar refractivity (Wildman–Crippen MR) is 119 cm³/mol. The van der Waals surface area contributed by atoms with Crippen molar-refractivity contribution in [3.63, 3.8) is 0 Å². The molecule has 0 aliphatic carbocycles. The van der Waals surface area contributed by atoms with Crippen molar-refractivity contribution in [1.29, 1.82) is 0 Å². The van der Waals surface area contributed by atoms with Gasteiger partial charge in [-0.1, -0.05) is 6.42 Å². The van der Waals surface area contributed by atoms with E-state index >= 15 is 0 Å². The molecule has 1 fully saturated rings. The Labute approximate surface area is 182 Å². The van der Waals surface area contributed by atoms with Gasteiger partial charge < -0.3 is 15.0 Å². The monoisotopic (exact) mass is 445 g/mol. The summed E-state index contributed by atoms with van der Waals surface area (Å²) >= 11 is 0. The lowest BCUT2D eigenvalue weighted by Crippen LogP contribution is -2.35. The van der Waals surface area contributed by atoms with Crippen LogP contribution in [-0.2, 0) is 19.6 Å². The van der Waals surface area contributed by atoms with Crippen LogP contribution in [0, 0.1) is 0 Å². The molecular formula is C22H27N3O5S. The number of esters is 1. The van der Waals surface area contributed by atoms with Gasteiger partial charge >= 0.3 is 5.97 Å². The standard InChI is InChI=1S/C22H27N3O5S/c1-24(2)19-10-6-17(7-11-19)22(27)30-16-21(26)23-18-8-12-20(13-9-18)31(28,29)25-14-4-3-5-15-25/h6-13H,3-5,14-16H2,1-2H3,(H,23,26). The van der Waals surface area contributed by atoms with Crippen molar-refractivity contribution in [2.45, 2.75) is 24.2 Å². The second-order valence-electron chi connectivity index (χ2n) is 7.55. The lowest BCUT2D eigenvalue weighted by atomic mass is 10.2. The molecule has 0 radical (unpaired) electrons. The fourth-order valence-electron chi connectivity index (χ4n) is 3.27. The quantitative estimate of drug-likeness (QED) is 0.659. The fraction of sp³-hybridized carbons (Fsp3) is 0.364. The minimum atomic E-state index is -3.52. The number of carbonyl (C=O) groups is 2. The molecule has 166 valence electrons. The van der Waals surface area contributed by atoms with Crippen LogP contribution in [0.3, 0.4) is 0 Å². The first kappa shape index (κ1) is 22.8. The van der Waals surface area contributed by atoms with Crippen LogP contribution in [0.2, 0.25) is 0 Å². The van der Waals surface area contributed by atoms with E-state index in [9.17, 15) is 18.0 Å². The van der Waals surface area contributed by atoms with E-state index in [1.54, 1.807) is 24.3 Å². The molecule has 0 bridgehead atoms. The van der Waals surface area contributed by atoms with Crippen LogP contribution in [0.25, 0.3) is 0 Å². The molecule has 1 aliphatic heterocycles. The Kier molecular flexibility index (Phi) is 7.29. The predicted octanol–water partition coefficient (Wildman–Crippen LogP) is 2.72. The number of nitrogens with one attached hydrogen (secondary N) is 1. The highest BCUT2D eigenvalue weighted by molar-refractivity contribution is 7.89. The number of piperidine rings is 1. The molecule has 0 atom stereocenters. The number of sulfonamides is 1. The van der Waals surface area contributed by atoms with E-state index in [0.29, 0.717) is 24.3 Å². The number of carbonyl (C=O) groups excluding carboxylic acids is 2. The largest absolute Gasteiger partial charge is 0.452 e. The number of amides is 1. The van der Waals surface area contributed by atoms with E-state index in [-0.39, 0.29) is 4.90 Å². The summed E-state index contributed by atoms with van der Waals surface area (Å²) in [6, 6.07) is 12.8. The minimum Gasteiger partial charge on any atom is -0.452 e. The van der Waals surface area contributed by atoms with Crippen molar-refractivity contribution < 1.29 is 22.7 Å². The molecule has 0 saturated carbocycles.